The molecule has 148 valence electrons. The van der Waals surface area contributed by atoms with E-state index in [1.54, 1.807) is 48.5 Å². The molecule has 2 N–H and O–H groups in total. The fourth-order valence-electron chi connectivity index (χ4n) is 2.53. The maximum Gasteiger partial charge on any atom is 0.262 e. The van der Waals surface area contributed by atoms with Gasteiger partial charge in [0, 0.05) is 18.3 Å². The van der Waals surface area contributed by atoms with Crippen LogP contribution in [0.3, 0.4) is 0 Å². The SMILES string of the molecule is CC(=O)Nc1ccc(NC(=O)COc2ccc(Oc3ccc(C)cc3)cc2)cc1. The lowest BCUT2D eigenvalue weighted by Crippen LogP contribution is -2.20. The third kappa shape index (κ3) is 6.39. The Kier molecular flexibility index (Phi) is 6.47. The number of aryl methyl sites for hydroxylation is 1. The Morgan fingerprint density at radius 3 is 1.76 bits per heavy atom. The van der Waals surface area contributed by atoms with Crippen molar-refractivity contribution < 1.29 is 19.1 Å². The molecule has 29 heavy (non-hydrogen) atoms. The number of nitrogens with one attached hydrogen (secondary N) is 2. The second-order valence-electron chi connectivity index (χ2n) is 6.48. The Hall–Kier alpha value is -3.80. The third-order valence-electron chi connectivity index (χ3n) is 3.94. The van der Waals surface area contributed by atoms with Gasteiger partial charge in [-0.25, -0.2) is 0 Å². The topological polar surface area (TPSA) is 76.7 Å². The minimum absolute atomic E-state index is 0.119. The highest BCUT2D eigenvalue weighted by molar-refractivity contribution is 5.93. The van der Waals surface area contributed by atoms with Crippen LogP contribution in [-0.2, 0) is 9.59 Å². The van der Waals surface area contributed by atoms with Crippen LogP contribution >= 0.6 is 0 Å². The van der Waals surface area contributed by atoms with Crippen LogP contribution in [-0.4, -0.2) is 18.4 Å². The molecule has 6 heteroatoms. The maximum atomic E-state index is 12.1. The van der Waals surface area contributed by atoms with Gasteiger partial charge in [0.25, 0.3) is 5.91 Å². The molecular weight excluding hydrogens is 368 g/mol. The molecule has 0 aliphatic rings. The Balaban J connectivity index is 1.47. The largest absolute Gasteiger partial charge is 0.484 e. The average Bonchev–Trinajstić information content (AvgIpc) is 2.70. The first-order valence-corrected chi connectivity index (χ1v) is 9.13. The van der Waals surface area contributed by atoms with Gasteiger partial charge in [0.2, 0.25) is 5.91 Å². The zero-order chi connectivity index (χ0) is 20.6. The van der Waals surface area contributed by atoms with Gasteiger partial charge >= 0.3 is 0 Å². The molecule has 0 aromatic heterocycles. The summed E-state index contributed by atoms with van der Waals surface area (Å²) in [5, 5.41) is 5.41. The molecule has 0 atom stereocenters. The van der Waals surface area contributed by atoms with Crippen LogP contribution in [0.1, 0.15) is 12.5 Å². The van der Waals surface area contributed by atoms with Gasteiger partial charge in [-0.05, 0) is 67.6 Å². The zero-order valence-corrected chi connectivity index (χ0v) is 16.3. The van der Waals surface area contributed by atoms with Crippen molar-refractivity contribution in [3.05, 3.63) is 78.4 Å². The summed E-state index contributed by atoms with van der Waals surface area (Å²) < 4.78 is 11.3. The minimum atomic E-state index is -0.280. The zero-order valence-electron chi connectivity index (χ0n) is 16.3. The standard InChI is InChI=1S/C23H22N2O4/c1-16-3-9-21(10-4-16)29-22-13-11-20(12-14-22)28-15-23(27)25-19-7-5-18(6-8-19)24-17(2)26/h3-14H,15H2,1-2H3,(H,24,26)(H,25,27). The summed E-state index contributed by atoms with van der Waals surface area (Å²) in [6.07, 6.45) is 0. The van der Waals surface area contributed by atoms with Gasteiger partial charge in [-0.2, -0.15) is 0 Å². The highest BCUT2D eigenvalue weighted by Gasteiger charge is 2.05. The van der Waals surface area contributed by atoms with E-state index in [4.69, 9.17) is 9.47 Å². The van der Waals surface area contributed by atoms with Crippen LogP contribution in [0, 0.1) is 6.92 Å². The molecule has 6 nitrogen and oxygen atoms in total. The predicted octanol–water partition coefficient (Wildman–Crippen LogP) is 4.76. The van der Waals surface area contributed by atoms with E-state index in [1.165, 1.54) is 12.5 Å². The number of carbonyl (C=O) groups is 2. The molecule has 3 aromatic carbocycles. The van der Waals surface area contributed by atoms with Crippen molar-refractivity contribution in [3.8, 4) is 17.2 Å². The quantitative estimate of drug-likeness (QED) is 0.610. The van der Waals surface area contributed by atoms with Crippen molar-refractivity contribution in [2.75, 3.05) is 17.2 Å². The van der Waals surface area contributed by atoms with Crippen molar-refractivity contribution in [2.24, 2.45) is 0 Å². The fourth-order valence-corrected chi connectivity index (χ4v) is 2.53. The molecule has 0 saturated heterocycles. The van der Waals surface area contributed by atoms with Gasteiger partial charge in [-0.15, -0.1) is 0 Å². The van der Waals surface area contributed by atoms with Crippen LogP contribution in [0.4, 0.5) is 11.4 Å². The van der Waals surface area contributed by atoms with Gasteiger partial charge in [-0.1, -0.05) is 17.7 Å². The predicted molar refractivity (Wildman–Crippen MR) is 113 cm³/mol. The first-order valence-electron chi connectivity index (χ1n) is 9.13. The smallest absolute Gasteiger partial charge is 0.262 e. The number of ether oxygens (including phenoxy) is 2. The lowest BCUT2D eigenvalue weighted by Gasteiger charge is -2.10. The second kappa shape index (κ2) is 9.41. The summed E-state index contributed by atoms with van der Waals surface area (Å²) in [4.78, 5) is 23.1. The lowest BCUT2D eigenvalue weighted by molar-refractivity contribution is -0.118. The molecule has 0 radical (unpaired) electrons. The van der Waals surface area contributed by atoms with Crippen molar-refractivity contribution in [1.82, 2.24) is 0 Å². The molecule has 0 unspecified atom stereocenters. The molecule has 0 fully saturated rings. The van der Waals surface area contributed by atoms with Crippen LogP contribution < -0.4 is 20.1 Å². The summed E-state index contributed by atoms with van der Waals surface area (Å²) >= 11 is 0. The Morgan fingerprint density at radius 1 is 0.724 bits per heavy atom. The van der Waals surface area contributed by atoms with Crippen LogP contribution in [0.15, 0.2) is 72.8 Å². The summed E-state index contributed by atoms with van der Waals surface area (Å²) in [7, 11) is 0. The van der Waals surface area contributed by atoms with Crippen LogP contribution in [0.25, 0.3) is 0 Å². The first-order chi connectivity index (χ1) is 14.0. The molecule has 0 saturated carbocycles. The number of anilines is 2. The normalized spacial score (nSPS) is 10.1. The van der Waals surface area contributed by atoms with Crippen molar-refractivity contribution in [2.45, 2.75) is 13.8 Å². The summed E-state index contributed by atoms with van der Waals surface area (Å²) in [6.45, 7) is 3.34. The second-order valence-corrected chi connectivity index (χ2v) is 6.48. The van der Waals surface area contributed by atoms with Gasteiger partial charge in [0.05, 0.1) is 0 Å². The van der Waals surface area contributed by atoms with E-state index in [-0.39, 0.29) is 18.4 Å². The van der Waals surface area contributed by atoms with E-state index in [0.29, 0.717) is 22.9 Å². The molecule has 0 bridgehead atoms. The number of amides is 2. The minimum Gasteiger partial charge on any atom is -0.484 e. The van der Waals surface area contributed by atoms with Crippen molar-refractivity contribution in [1.29, 1.82) is 0 Å². The Labute approximate surface area is 169 Å². The molecule has 0 spiro atoms. The van der Waals surface area contributed by atoms with Gasteiger partial charge in [0.1, 0.15) is 17.2 Å². The summed E-state index contributed by atoms with van der Waals surface area (Å²) in [5.41, 5.74) is 2.46. The van der Waals surface area contributed by atoms with Gasteiger partial charge in [-0.3, -0.25) is 9.59 Å². The van der Waals surface area contributed by atoms with Crippen molar-refractivity contribution in [3.63, 3.8) is 0 Å². The number of carbonyl (C=O) groups excluding carboxylic acids is 2. The van der Waals surface area contributed by atoms with E-state index in [2.05, 4.69) is 10.6 Å². The molecule has 3 rings (SSSR count). The van der Waals surface area contributed by atoms with Crippen molar-refractivity contribution >= 4 is 23.2 Å². The first kappa shape index (κ1) is 19.9. The maximum absolute atomic E-state index is 12.1. The number of benzene rings is 3. The van der Waals surface area contributed by atoms with E-state index in [1.807, 2.05) is 31.2 Å². The monoisotopic (exact) mass is 390 g/mol. The number of hydrogen-bond acceptors (Lipinski definition) is 4. The van der Waals surface area contributed by atoms with E-state index in [0.717, 1.165) is 5.75 Å². The Morgan fingerprint density at radius 2 is 1.21 bits per heavy atom. The van der Waals surface area contributed by atoms with Crippen LogP contribution in [0.5, 0.6) is 17.2 Å². The number of rotatable bonds is 7. The van der Waals surface area contributed by atoms with E-state index in [9.17, 15) is 9.59 Å². The molecule has 0 aliphatic carbocycles. The molecule has 2 amide bonds. The average molecular weight is 390 g/mol. The fraction of sp³-hybridized carbons (Fsp3) is 0.130. The van der Waals surface area contributed by atoms with E-state index < -0.39 is 0 Å². The number of hydrogen-bond donors (Lipinski definition) is 2. The molecule has 0 heterocycles. The summed E-state index contributed by atoms with van der Waals surface area (Å²) in [5.74, 6) is 1.58. The lowest BCUT2D eigenvalue weighted by atomic mass is 10.2. The third-order valence-corrected chi connectivity index (χ3v) is 3.94. The molecule has 0 aliphatic heterocycles. The highest BCUT2D eigenvalue weighted by atomic mass is 16.5. The summed E-state index contributed by atoms with van der Waals surface area (Å²) in [6, 6.07) is 21.7. The van der Waals surface area contributed by atoms with Crippen LogP contribution in [0.2, 0.25) is 0 Å². The van der Waals surface area contributed by atoms with Gasteiger partial charge < -0.3 is 20.1 Å². The molecule has 3 aromatic rings. The molecular formula is C23H22N2O4. The van der Waals surface area contributed by atoms with Gasteiger partial charge in [0.15, 0.2) is 6.61 Å². The Bertz CT molecular complexity index is 965. The van der Waals surface area contributed by atoms with E-state index >= 15 is 0 Å². The highest BCUT2D eigenvalue weighted by Crippen LogP contribution is 2.24.